The van der Waals surface area contributed by atoms with Gasteiger partial charge in [0.1, 0.15) is 0 Å². The average molecular weight is 1050 g/mol. The van der Waals surface area contributed by atoms with Gasteiger partial charge in [-0.15, -0.1) is 0 Å². The van der Waals surface area contributed by atoms with E-state index in [1.807, 2.05) is 0 Å². The van der Waals surface area contributed by atoms with Gasteiger partial charge in [0.2, 0.25) is 0 Å². The van der Waals surface area contributed by atoms with E-state index in [9.17, 15) is 0 Å². The molecule has 0 N–H and O–H groups in total. The standard InChI is InChI=1S/C78H43BN4/c1-3-22-50-46(18-1)48-20-5-7-28-56(48)72-58(50)42-62-77-74(72)60-40-44(80-64-30-13-9-24-52(64)53-25-10-14-31-65(53)80)36-38-68(60)82(77)70-34-17-35-71-76(70)79(62)63-43-59-51-23-4-2-19-47(51)49-21-6-8-29-57(49)73(59)75-61-41-45(37-39-69(61)83(71)78(63)75)81-66-32-15-11-26-54(66)55-27-12-16-33-67(55)81/h1-43H. The van der Waals surface area contributed by atoms with Gasteiger partial charge in [0, 0.05) is 76.6 Å². The Hall–Kier alpha value is -10.9. The molecule has 0 amide bonds. The Kier molecular flexibility index (Phi) is 7.83. The SMILES string of the molecule is c1cc2c3c(c1)-n1c4ccc(-n5c6ccccc6c6ccccc65)cc4c4c5c6ccccc6c6ccccc6c5cc(c41)B3c1cc3c4ccccc4c4ccccc4c3c3c4cc(-n5c6ccccc6c6ccccc65)ccc4n-2c13. The Morgan fingerprint density at radius 3 is 0.880 bits per heavy atom. The van der Waals surface area contributed by atoms with E-state index in [4.69, 9.17) is 0 Å². The van der Waals surface area contributed by atoms with Gasteiger partial charge in [0.25, 0.3) is 6.71 Å². The van der Waals surface area contributed by atoms with Gasteiger partial charge in [0.15, 0.2) is 0 Å². The maximum atomic E-state index is 2.66. The molecule has 0 radical (unpaired) electrons. The van der Waals surface area contributed by atoms with E-state index in [1.165, 1.54) is 180 Å². The molecule has 0 saturated heterocycles. The van der Waals surface area contributed by atoms with E-state index in [2.05, 4.69) is 279 Å². The maximum absolute atomic E-state index is 2.66. The molecule has 2 aliphatic heterocycles. The quantitative estimate of drug-likeness (QED) is 0.121. The van der Waals surface area contributed by atoms with Crippen molar-refractivity contribution < 1.29 is 0 Å². The summed E-state index contributed by atoms with van der Waals surface area (Å²) >= 11 is 0. The van der Waals surface area contributed by atoms with Crippen LogP contribution in [0.4, 0.5) is 0 Å². The predicted octanol–water partition coefficient (Wildman–Crippen LogP) is 18.1. The second kappa shape index (κ2) is 15.1. The molecule has 0 unspecified atom stereocenters. The molecule has 15 aromatic carbocycles. The minimum Gasteiger partial charge on any atom is -0.310 e. The van der Waals surface area contributed by atoms with E-state index in [0.717, 1.165) is 11.4 Å². The lowest BCUT2D eigenvalue weighted by Gasteiger charge is -2.34. The Labute approximate surface area is 474 Å². The zero-order chi connectivity index (χ0) is 53.5. The lowest BCUT2D eigenvalue weighted by Crippen LogP contribution is -2.59. The number of rotatable bonds is 2. The van der Waals surface area contributed by atoms with Crippen molar-refractivity contribution in [3.05, 3.63) is 261 Å². The molecule has 5 heteroatoms. The number of nitrogens with zero attached hydrogens (tertiary/aromatic N) is 4. The molecule has 0 fully saturated rings. The fourth-order valence-corrected chi connectivity index (χ4v) is 16.6. The van der Waals surface area contributed by atoms with Gasteiger partial charge in [-0.2, -0.15) is 0 Å². The van der Waals surface area contributed by atoms with Crippen LogP contribution in [0.1, 0.15) is 0 Å². The highest BCUT2D eigenvalue weighted by Crippen LogP contribution is 2.49. The van der Waals surface area contributed by atoms with Crippen molar-refractivity contribution >= 4 is 175 Å². The van der Waals surface area contributed by atoms with Crippen LogP contribution in [0.3, 0.4) is 0 Å². The average Bonchev–Trinajstić information content (AvgIpc) is 1.85. The molecular formula is C78H43BN4. The van der Waals surface area contributed by atoms with E-state index in [1.54, 1.807) is 0 Å². The van der Waals surface area contributed by atoms with Crippen molar-refractivity contribution in [3.63, 3.8) is 0 Å². The summed E-state index contributed by atoms with van der Waals surface area (Å²) in [5.41, 5.74) is 18.7. The number of hydrogen-bond acceptors (Lipinski definition) is 0. The van der Waals surface area contributed by atoms with Crippen molar-refractivity contribution in [1.82, 2.24) is 18.3 Å². The minimum absolute atomic E-state index is 0.0993. The summed E-state index contributed by atoms with van der Waals surface area (Å²) in [4.78, 5) is 0. The number of benzene rings is 15. The molecule has 0 atom stereocenters. The van der Waals surface area contributed by atoms with Crippen molar-refractivity contribution in [2.45, 2.75) is 0 Å². The van der Waals surface area contributed by atoms with Crippen LogP contribution < -0.4 is 16.4 Å². The predicted molar refractivity (Wildman–Crippen MR) is 353 cm³/mol. The first kappa shape index (κ1) is 43.0. The summed E-state index contributed by atoms with van der Waals surface area (Å²) in [7, 11) is 0. The monoisotopic (exact) mass is 1050 g/mol. The molecule has 0 bridgehead atoms. The van der Waals surface area contributed by atoms with Gasteiger partial charge in [-0.1, -0.05) is 188 Å². The first-order chi connectivity index (χ1) is 41.2. The first-order valence-corrected chi connectivity index (χ1v) is 29.0. The molecule has 0 spiro atoms. The van der Waals surface area contributed by atoms with Crippen LogP contribution in [-0.2, 0) is 0 Å². The Bertz CT molecular complexity index is 5780. The second-order valence-electron chi connectivity index (χ2n) is 23.4. The Morgan fingerprint density at radius 2 is 0.506 bits per heavy atom. The first-order valence-electron chi connectivity index (χ1n) is 29.0. The van der Waals surface area contributed by atoms with Gasteiger partial charge in [-0.25, -0.2) is 0 Å². The third-order valence-electron chi connectivity index (χ3n) is 19.6. The summed E-state index contributed by atoms with van der Waals surface area (Å²) in [6.07, 6.45) is 0. The fraction of sp³-hybridized carbons (Fsp3) is 0. The van der Waals surface area contributed by atoms with Crippen molar-refractivity contribution in [3.8, 4) is 22.7 Å². The molecule has 19 aromatic rings. The number of hydrogen-bond donors (Lipinski definition) is 0. The molecule has 21 rings (SSSR count). The van der Waals surface area contributed by atoms with Crippen LogP contribution in [0, 0.1) is 0 Å². The second-order valence-corrected chi connectivity index (χ2v) is 23.4. The Morgan fingerprint density at radius 1 is 0.205 bits per heavy atom. The van der Waals surface area contributed by atoms with Crippen LogP contribution in [0.2, 0.25) is 0 Å². The highest BCUT2D eigenvalue weighted by molar-refractivity contribution is 7.01. The van der Waals surface area contributed by atoms with E-state index < -0.39 is 0 Å². The highest BCUT2D eigenvalue weighted by Gasteiger charge is 2.42. The molecule has 4 nitrogen and oxygen atoms in total. The Balaban J connectivity index is 0.966. The number of para-hydroxylation sites is 4. The molecule has 6 heterocycles. The minimum atomic E-state index is -0.0993. The van der Waals surface area contributed by atoms with E-state index in [-0.39, 0.29) is 6.71 Å². The third-order valence-corrected chi connectivity index (χ3v) is 19.6. The van der Waals surface area contributed by atoms with Gasteiger partial charge in [-0.05, 0) is 143 Å². The van der Waals surface area contributed by atoms with Gasteiger partial charge < -0.3 is 18.3 Å². The molecule has 0 saturated carbocycles. The fourth-order valence-electron chi connectivity index (χ4n) is 16.6. The lowest BCUT2D eigenvalue weighted by atomic mass is 9.34. The van der Waals surface area contributed by atoms with Crippen molar-refractivity contribution in [2.24, 2.45) is 0 Å². The van der Waals surface area contributed by atoms with Crippen molar-refractivity contribution in [1.29, 1.82) is 0 Å². The van der Waals surface area contributed by atoms with Gasteiger partial charge >= 0.3 is 0 Å². The van der Waals surface area contributed by atoms with Crippen LogP contribution in [0.5, 0.6) is 0 Å². The summed E-state index contributed by atoms with van der Waals surface area (Å²) in [6.45, 7) is -0.0993. The lowest BCUT2D eigenvalue weighted by molar-refractivity contribution is 1.14. The summed E-state index contributed by atoms with van der Waals surface area (Å²) in [5, 5.41) is 25.6. The maximum Gasteiger partial charge on any atom is 0.252 e. The number of fused-ring (bicyclic) bond motifs is 30. The van der Waals surface area contributed by atoms with Crippen LogP contribution in [0.15, 0.2) is 261 Å². The van der Waals surface area contributed by atoms with Gasteiger partial charge in [-0.3, -0.25) is 0 Å². The molecule has 378 valence electrons. The van der Waals surface area contributed by atoms with Crippen LogP contribution in [-0.4, -0.2) is 25.0 Å². The number of aromatic nitrogens is 4. The van der Waals surface area contributed by atoms with E-state index in [0.29, 0.717) is 0 Å². The molecular weight excluding hydrogens is 1000 g/mol. The molecule has 0 aliphatic carbocycles. The molecule has 2 aliphatic rings. The smallest absolute Gasteiger partial charge is 0.252 e. The van der Waals surface area contributed by atoms with Crippen LogP contribution in [0.25, 0.3) is 175 Å². The van der Waals surface area contributed by atoms with Crippen molar-refractivity contribution in [2.75, 3.05) is 0 Å². The van der Waals surface area contributed by atoms with Gasteiger partial charge in [0.05, 0.1) is 44.1 Å². The normalized spacial score (nSPS) is 13.0. The zero-order valence-electron chi connectivity index (χ0n) is 44.7. The zero-order valence-corrected chi connectivity index (χ0v) is 44.7. The molecule has 4 aromatic heterocycles. The summed E-state index contributed by atoms with van der Waals surface area (Å²) in [5.74, 6) is 0. The topological polar surface area (TPSA) is 19.7 Å². The van der Waals surface area contributed by atoms with E-state index >= 15 is 0 Å². The third kappa shape index (κ3) is 5.14. The highest BCUT2D eigenvalue weighted by atomic mass is 15.0. The summed E-state index contributed by atoms with van der Waals surface area (Å²) < 4.78 is 10.3. The summed E-state index contributed by atoms with van der Waals surface area (Å²) in [6, 6.07) is 99.2. The molecule has 83 heavy (non-hydrogen) atoms. The van der Waals surface area contributed by atoms with Crippen LogP contribution >= 0.6 is 0 Å². The largest absolute Gasteiger partial charge is 0.310 e.